The van der Waals surface area contributed by atoms with Gasteiger partial charge in [-0.2, -0.15) is 0 Å². The Morgan fingerprint density at radius 2 is 1.94 bits per heavy atom. The predicted molar refractivity (Wildman–Crippen MR) is 72.9 cm³/mol. The molecule has 0 bridgehead atoms. The molecule has 0 radical (unpaired) electrons. The first-order chi connectivity index (χ1) is 8.74. The Morgan fingerprint density at radius 3 is 2.67 bits per heavy atom. The van der Waals surface area contributed by atoms with Crippen LogP contribution in [0.2, 0.25) is 0 Å². The molecule has 2 N–H and O–H groups in total. The van der Waals surface area contributed by atoms with Crippen molar-refractivity contribution in [3.63, 3.8) is 0 Å². The number of hydrogen-bond acceptors (Lipinski definition) is 3. The van der Waals surface area contributed by atoms with Gasteiger partial charge in [0.25, 0.3) is 0 Å². The number of benzene rings is 1. The van der Waals surface area contributed by atoms with Crippen molar-refractivity contribution >= 4 is 0 Å². The molecule has 0 heterocycles. The Hall–Kier alpha value is -1.06. The summed E-state index contributed by atoms with van der Waals surface area (Å²) in [6.07, 6.45) is 4.73. The van der Waals surface area contributed by atoms with Gasteiger partial charge in [0.05, 0.1) is 12.7 Å². The van der Waals surface area contributed by atoms with Crippen molar-refractivity contribution in [1.29, 1.82) is 0 Å². The topological polar surface area (TPSA) is 44.5 Å². The SMILES string of the molecule is Cc1cccc(OCCOC2CCC(N)CC2)c1. The molecule has 0 aliphatic heterocycles. The van der Waals surface area contributed by atoms with Gasteiger partial charge < -0.3 is 15.2 Å². The molecule has 1 aromatic carbocycles. The van der Waals surface area contributed by atoms with Gasteiger partial charge >= 0.3 is 0 Å². The van der Waals surface area contributed by atoms with Crippen molar-refractivity contribution in [1.82, 2.24) is 0 Å². The Morgan fingerprint density at radius 1 is 1.17 bits per heavy atom. The van der Waals surface area contributed by atoms with E-state index in [1.54, 1.807) is 0 Å². The van der Waals surface area contributed by atoms with E-state index in [9.17, 15) is 0 Å². The first-order valence-electron chi connectivity index (χ1n) is 6.80. The molecule has 100 valence electrons. The fraction of sp³-hybridized carbons (Fsp3) is 0.600. The van der Waals surface area contributed by atoms with E-state index < -0.39 is 0 Å². The fourth-order valence-corrected chi connectivity index (χ4v) is 2.33. The van der Waals surface area contributed by atoms with E-state index in [2.05, 4.69) is 13.0 Å². The largest absolute Gasteiger partial charge is 0.491 e. The highest BCUT2D eigenvalue weighted by atomic mass is 16.5. The van der Waals surface area contributed by atoms with Crippen molar-refractivity contribution in [2.24, 2.45) is 5.73 Å². The van der Waals surface area contributed by atoms with E-state index in [1.807, 2.05) is 18.2 Å². The predicted octanol–water partition coefficient (Wildman–Crippen LogP) is 2.66. The third-order valence-corrected chi connectivity index (χ3v) is 3.41. The molecule has 0 unspecified atom stereocenters. The second-order valence-electron chi connectivity index (χ2n) is 5.07. The first-order valence-corrected chi connectivity index (χ1v) is 6.80. The summed E-state index contributed by atoms with van der Waals surface area (Å²) in [5, 5.41) is 0. The summed E-state index contributed by atoms with van der Waals surface area (Å²) < 4.78 is 11.5. The van der Waals surface area contributed by atoms with Crippen LogP contribution in [-0.4, -0.2) is 25.4 Å². The summed E-state index contributed by atoms with van der Waals surface area (Å²) in [5.41, 5.74) is 7.08. The van der Waals surface area contributed by atoms with Gasteiger partial charge in [0.1, 0.15) is 12.4 Å². The Kier molecular flexibility index (Phi) is 5.02. The van der Waals surface area contributed by atoms with Gasteiger partial charge in [0.2, 0.25) is 0 Å². The van der Waals surface area contributed by atoms with Gasteiger partial charge in [0.15, 0.2) is 0 Å². The van der Waals surface area contributed by atoms with Crippen molar-refractivity contribution in [3.8, 4) is 5.75 Å². The molecule has 0 spiro atoms. The Bertz CT molecular complexity index is 359. The average Bonchev–Trinajstić information content (AvgIpc) is 2.37. The van der Waals surface area contributed by atoms with E-state index in [1.165, 1.54) is 5.56 Å². The minimum absolute atomic E-state index is 0.380. The van der Waals surface area contributed by atoms with Crippen LogP contribution in [0.15, 0.2) is 24.3 Å². The quantitative estimate of drug-likeness (QED) is 0.816. The smallest absolute Gasteiger partial charge is 0.119 e. The van der Waals surface area contributed by atoms with Gasteiger partial charge in [0, 0.05) is 6.04 Å². The van der Waals surface area contributed by atoms with Crippen LogP contribution in [0, 0.1) is 6.92 Å². The highest BCUT2D eigenvalue weighted by molar-refractivity contribution is 5.27. The van der Waals surface area contributed by atoms with Crippen LogP contribution in [0.1, 0.15) is 31.2 Å². The standard InChI is InChI=1S/C15H23NO2/c1-12-3-2-4-15(11-12)18-10-9-17-14-7-5-13(16)6-8-14/h2-4,11,13-14H,5-10,16H2,1H3. The lowest BCUT2D eigenvalue weighted by molar-refractivity contribution is 0.0102. The zero-order chi connectivity index (χ0) is 12.8. The number of ether oxygens (including phenoxy) is 2. The van der Waals surface area contributed by atoms with Crippen LogP contribution in [0.5, 0.6) is 5.75 Å². The fourth-order valence-electron chi connectivity index (χ4n) is 2.33. The van der Waals surface area contributed by atoms with Crippen LogP contribution in [0.3, 0.4) is 0 Å². The third-order valence-electron chi connectivity index (χ3n) is 3.41. The van der Waals surface area contributed by atoms with Gasteiger partial charge in [-0.1, -0.05) is 12.1 Å². The van der Waals surface area contributed by atoms with Crippen molar-refractivity contribution in [2.75, 3.05) is 13.2 Å². The van der Waals surface area contributed by atoms with E-state index >= 15 is 0 Å². The maximum absolute atomic E-state index is 5.86. The van der Waals surface area contributed by atoms with E-state index in [4.69, 9.17) is 15.2 Å². The lowest BCUT2D eigenvalue weighted by atomic mass is 9.94. The molecule has 0 saturated heterocycles. The van der Waals surface area contributed by atoms with E-state index in [-0.39, 0.29) is 0 Å². The molecule has 0 aromatic heterocycles. The summed E-state index contributed by atoms with van der Waals surface area (Å²) in [5.74, 6) is 0.921. The maximum atomic E-state index is 5.86. The second-order valence-corrected chi connectivity index (χ2v) is 5.07. The molecule has 0 atom stereocenters. The van der Waals surface area contributed by atoms with Crippen molar-refractivity contribution in [2.45, 2.75) is 44.8 Å². The normalized spacial score (nSPS) is 23.9. The molecular weight excluding hydrogens is 226 g/mol. The van der Waals surface area contributed by atoms with Crippen LogP contribution >= 0.6 is 0 Å². The lowest BCUT2D eigenvalue weighted by Crippen LogP contribution is -2.31. The van der Waals surface area contributed by atoms with Gasteiger partial charge in [-0.3, -0.25) is 0 Å². The molecule has 1 aromatic rings. The van der Waals surface area contributed by atoms with Crippen LogP contribution < -0.4 is 10.5 Å². The van der Waals surface area contributed by atoms with Crippen LogP contribution in [0.25, 0.3) is 0 Å². The third kappa shape index (κ3) is 4.31. The van der Waals surface area contributed by atoms with Gasteiger partial charge in [-0.15, -0.1) is 0 Å². The minimum atomic E-state index is 0.380. The molecule has 3 heteroatoms. The van der Waals surface area contributed by atoms with Crippen molar-refractivity contribution in [3.05, 3.63) is 29.8 Å². The molecule has 1 fully saturated rings. The minimum Gasteiger partial charge on any atom is -0.491 e. The Labute approximate surface area is 109 Å². The zero-order valence-electron chi connectivity index (χ0n) is 11.1. The summed E-state index contributed by atoms with van der Waals surface area (Å²) in [4.78, 5) is 0. The number of nitrogens with two attached hydrogens (primary N) is 1. The first kappa shape index (κ1) is 13.4. The average molecular weight is 249 g/mol. The maximum Gasteiger partial charge on any atom is 0.119 e. The Balaban J connectivity index is 1.61. The van der Waals surface area contributed by atoms with E-state index in [0.717, 1.165) is 31.4 Å². The highest BCUT2D eigenvalue weighted by Gasteiger charge is 2.18. The summed E-state index contributed by atoms with van der Waals surface area (Å²) in [7, 11) is 0. The van der Waals surface area contributed by atoms with Crippen LogP contribution in [0.4, 0.5) is 0 Å². The molecule has 0 amide bonds. The molecular formula is C15H23NO2. The highest BCUT2D eigenvalue weighted by Crippen LogP contribution is 2.19. The van der Waals surface area contributed by atoms with Gasteiger partial charge in [-0.05, 0) is 50.3 Å². The number of hydrogen-bond donors (Lipinski definition) is 1. The molecule has 18 heavy (non-hydrogen) atoms. The number of rotatable bonds is 5. The zero-order valence-corrected chi connectivity index (χ0v) is 11.1. The monoisotopic (exact) mass is 249 g/mol. The van der Waals surface area contributed by atoms with Gasteiger partial charge in [-0.25, -0.2) is 0 Å². The molecule has 3 nitrogen and oxygen atoms in total. The summed E-state index contributed by atoms with van der Waals surface area (Å²) >= 11 is 0. The molecule has 1 aliphatic carbocycles. The summed E-state index contributed by atoms with van der Waals surface area (Å²) in [6, 6.07) is 8.47. The molecule has 1 aliphatic rings. The molecule has 2 rings (SSSR count). The molecule has 1 saturated carbocycles. The summed E-state index contributed by atoms with van der Waals surface area (Å²) in [6.45, 7) is 3.34. The van der Waals surface area contributed by atoms with E-state index in [0.29, 0.717) is 25.4 Å². The second kappa shape index (κ2) is 6.76. The lowest BCUT2D eigenvalue weighted by Gasteiger charge is -2.26. The van der Waals surface area contributed by atoms with Crippen molar-refractivity contribution < 1.29 is 9.47 Å². The van der Waals surface area contributed by atoms with Crippen LogP contribution in [-0.2, 0) is 4.74 Å². The number of aryl methyl sites for hydroxylation is 1.